The minimum absolute atomic E-state index is 0.0319. The molecule has 0 aromatic heterocycles. The van der Waals surface area contributed by atoms with Crippen molar-refractivity contribution >= 4 is 5.91 Å². The zero-order chi connectivity index (χ0) is 13.4. The smallest absolute Gasteiger partial charge is 0.254 e. The standard InChI is InChI=1S/C16H15NO2/c1-17-14(15(18)11-7-3-2-4-8-11)12-9-5-6-10-13(12)16(17)19/h2-10,14-15,18H,1H3/t14-,15+/m1/s1. The molecule has 0 fully saturated rings. The largest absolute Gasteiger partial charge is 0.386 e. The number of nitrogens with zero attached hydrogens (tertiary/aromatic N) is 1. The molecular formula is C16H15NO2. The molecule has 2 aromatic carbocycles. The van der Waals surface area contributed by atoms with Crippen LogP contribution in [-0.4, -0.2) is 23.0 Å². The summed E-state index contributed by atoms with van der Waals surface area (Å²) in [5.41, 5.74) is 2.40. The molecule has 19 heavy (non-hydrogen) atoms. The van der Waals surface area contributed by atoms with Crippen molar-refractivity contribution in [3.63, 3.8) is 0 Å². The van der Waals surface area contributed by atoms with E-state index in [2.05, 4.69) is 0 Å². The number of amides is 1. The van der Waals surface area contributed by atoms with Crippen molar-refractivity contribution in [1.29, 1.82) is 0 Å². The van der Waals surface area contributed by atoms with Gasteiger partial charge in [0.1, 0.15) is 6.10 Å². The number of hydrogen-bond donors (Lipinski definition) is 1. The van der Waals surface area contributed by atoms with E-state index in [9.17, 15) is 9.90 Å². The number of likely N-dealkylation sites (N-methyl/N-ethyl adjacent to an activating group) is 1. The predicted octanol–water partition coefficient (Wildman–Crippen LogP) is 2.55. The molecule has 3 heteroatoms. The summed E-state index contributed by atoms with van der Waals surface area (Å²) in [5, 5.41) is 10.6. The quantitative estimate of drug-likeness (QED) is 0.893. The van der Waals surface area contributed by atoms with Crippen LogP contribution < -0.4 is 0 Å². The highest BCUT2D eigenvalue weighted by Gasteiger charge is 2.38. The lowest BCUT2D eigenvalue weighted by Crippen LogP contribution is -2.27. The average molecular weight is 253 g/mol. The number of hydrogen-bond acceptors (Lipinski definition) is 2. The van der Waals surface area contributed by atoms with Gasteiger partial charge < -0.3 is 10.0 Å². The van der Waals surface area contributed by atoms with Crippen LogP contribution in [0, 0.1) is 0 Å². The van der Waals surface area contributed by atoms with Gasteiger partial charge in [-0.1, -0.05) is 48.5 Å². The van der Waals surface area contributed by atoms with Gasteiger partial charge in [-0.25, -0.2) is 0 Å². The zero-order valence-electron chi connectivity index (χ0n) is 10.7. The molecule has 96 valence electrons. The average Bonchev–Trinajstić information content (AvgIpc) is 2.72. The van der Waals surface area contributed by atoms with E-state index < -0.39 is 6.10 Å². The summed E-state index contributed by atoms with van der Waals surface area (Å²) in [5.74, 6) is -0.0319. The van der Waals surface area contributed by atoms with E-state index in [0.717, 1.165) is 11.1 Å². The first-order valence-electron chi connectivity index (χ1n) is 6.29. The van der Waals surface area contributed by atoms with Gasteiger partial charge in [0.25, 0.3) is 5.91 Å². The van der Waals surface area contributed by atoms with E-state index in [1.165, 1.54) is 0 Å². The molecule has 0 spiro atoms. The van der Waals surface area contributed by atoms with Crippen LogP contribution in [0.3, 0.4) is 0 Å². The van der Waals surface area contributed by atoms with Crippen molar-refractivity contribution in [3.05, 3.63) is 71.3 Å². The fraction of sp³-hybridized carbons (Fsp3) is 0.188. The summed E-state index contributed by atoms with van der Waals surface area (Å²) >= 11 is 0. The molecule has 0 unspecified atom stereocenters. The Labute approximate surface area is 112 Å². The Morgan fingerprint density at radius 1 is 1.05 bits per heavy atom. The molecule has 0 bridgehead atoms. The van der Waals surface area contributed by atoms with Gasteiger partial charge in [0, 0.05) is 12.6 Å². The highest BCUT2D eigenvalue weighted by molar-refractivity contribution is 5.99. The van der Waals surface area contributed by atoms with Gasteiger partial charge in [0.15, 0.2) is 0 Å². The van der Waals surface area contributed by atoms with E-state index in [1.54, 1.807) is 11.9 Å². The van der Waals surface area contributed by atoms with Gasteiger partial charge in [-0.15, -0.1) is 0 Å². The molecule has 1 N–H and O–H groups in total. The summed E-state index contributed by atoms with van der Waals surface area (Å²) in [4.78, 5) is 13.8. The van der Waals surface area contributed by atoms with E-state index in [-0.39, 0.29) is 11.9 Å². The Hall–Kier alpha value is -2.13. The van der Waals surface area contributed by atoms with Crippen molar-refractivity contribution in [2.24, 2.45) is 0 Å². The Morgan fingerprint density at radius 3 is 2.42 bits per heavy atom. The van der Waals surface area contributed by atoms with Gasteiger partial charge in [0.2, 0.25) is 0 Å². The molecule has 0 radical (unpaired) electrons. The number of fused-ring (bicyclic) bond motifs is 1. The first kappa shape index (κ1) is 11.9. The summed E-state index contributed by atoms with van der Waals surface area (Å²) in [6, 6.07) is 16.6. The summed E-state index contributed by atoms with van der Waals surface area (Å²) in [6.45, 7) is 0. The monoisotopic (exact) mass is 253 g/mol. The third kappa shape index (κ3) is 1.83. The molecular weight excluding hydrogens is 238 g/mol. The maximum Gasteiger partial charge on any atom is 0.254 e. The Morgan fingerprint density at radius 2 is 1.68 bits per heavy atom. The summed E-state index contributed by atoms with van der Waals surface area (Å²) in [6.07, 6.45) is -0.709. The van der Waals surface area contributed by atoms with Crippen molar-refractivity contribution < 1.29 is 9.90 Å². The molecule has 3 rings (SSSR count). The van der Waals surface area contributed by atoms with Crippen LogP contribution in [0.25, 0.3) is 0 Å². The highest BCUT2D eigenvalue weighted by atomic mass is 16.3. The molecule has 1 aliphatic heterocycles. The number of aliphatic hydroxyl groups excluding tert-OH is 1. The van der Waals surface area contributed by atoms with E-state index >= 15 is 0 Å². The Bertz CT molecular complexity index is 609. The Balaban J connectivity index is 2.04. The van der Waals surface area contributed by atoms with E-state index in [0.29, 0.717) is 5.56 Å². The lowest BCUT2D eigenvalue weighted by molar-refractivity contribution is 0.0514. The van der Waals surface area contributed by atoms with Crippen molar-refractivity contribution in [3.8, 4) is 0 Å². The molecule has 1 aliphatic rings. The maximum atomic E-state index is 12.2. The molecule has 2 atom stereocenters. The van der Waals surface area contributed by atoms with Gasteiger partial charge in [-0.05, 0) is 17.2 Å². The van der Waals surface area contributed by atoms with Gasteiger partial charge in [-0.2, -0.15) is 0 Å². The zero-order valence-corrected chi connectivity index (χ0v) is 10.7. The molecule has 0 aliphatic carbocycles. The normalized spacial score (nSPS) is 19.4. The number of benzene rings is 2. The van der Waals surface area contributed by atoms with Crippen LogP contribution in [0.2, 0.25) is 0 Å². The second kappa shape index (κ2) is 4.52. The van der Waals surface area contributed by atoms with Crippen molar-refractivity contribution in [1.82, 2.24) is 4.90 Å². The van der Waals surface area contributed by atoms with Crippen molar-refractivity contribution in [2.75, 3.05) is 7.05 Å². The lowest BCUT2D eigenvalue weighted by Gasteiger charge is -2.26. The van der Waals surface area contributed by atoms with Crippen LogP contribution in [0.15, 0.2) is 54.6 Å². The number of carbonyl (C=O) groups is 1. The highest BCUT2D eigenvalue weighted by Crippen LogP contribution is 2.40. The second-order valence-electron chi connectivity index (χ2n) is 4.80. The van der Waals surface area contributed by atoms with Crippen LogP contribution >= 0.6 is 0 Å². The first-order valence-corrected chi connectivity index (χ1v) is 6.29. The minimum Gasteiger partial charge on any atom is -0.386 e. The van der Waals surface area contributed by atoms with Crippen LogP contribution in [0.1, 0.15) is 33.6 Å². The fourth-order valence-corrected chi connectivity index (χ4v) is 2.69. The molecule has 0 saturated carbocycles. The lowest BCUT2D eigenvalue weighted by atomic mass is 9.95. The van der Waals surface area contributed by atoms with E-state index in [4.69, 9.17) is 0 Å². The number of rotatable bonds is 2. The Kier molecular flexibility index (Phi) is 2.84. The maximum absolute atomic E-state index is 12.2. The third-order valence-electron chi connectivity index (χ3n) is 3.69. The molecule has 0 saturated heterocycles. The summed E-state index contributed by atoms with van der Waals surface area (Å²) in [7, 11) is 1.74. The van der Waals surface area contributed by atoms with Crippen LogP contribution in [0.4, 0.5) is 0 Å². The predicted molar refractivity (Wildman–Crippen MR) is 72.7 cm³/mol. The fourth-order valence-electron chi connectivity index (χ4n) is 2.69. The van der Waals surface area contributed by atoms with Crippen molar-refractivity contribution in [2.45, 2.75) is 12.1 Å². The number of aliphatic hydroxyl groups is 1. The SMILES string of the molecule is CN1C(=O)c2ccccc2[C@@H]1[C@@H](O)c1ccccc1. The summed E-state index contributed by atoms with van der Waals surface area (Å²) < 4.78 is 0. The minimum atomic E-state index is -0.709. The van der Waals surface area contributed by atoms with Gasteiger partial charge in [0.05, 0.1) is 6.04 Å². The molecule has 1 amide bonds. The van der Waals surface area contributed by atoms with Gasteiger partial charge >= 0.3 is 0 Å². The number of carbonyl (C=O) groups excluding carboxylic acids is 1. The molecule has 1 heterocycles. The third-order valence-corrected chi connectivity index (χ3v) is 3.69. The van der Waals surface area contributed by atoms with Crippen LogP contribution in [-0.2, 0) is 0 Å². The first-order chi connectivity index (χ1) is 9.20. The van der Waals surface area contributed by atoms with Crippen LogP contribution in [0.5, 0.6) is 0 Å². The second-order valence-corrected chi connectivity index (χ2v) is 4.80. The van der Waals surface area contributed by atoms with Gasteiger partial charge in [-0.3, -0.25) is 4.79 Å². The molecule has 2 aromatic rings. The molecule has 3 nitrogen and oxygen atoms in total. The van der Waals surface area contributed by atoms with E-state index in [1.807, 2.05) is 54.6 Å². The topological polar surface area (TPSA) is 40.5 Å².